The standard InChI is InChI=1S/C15H20N4/c1-11-12-6-3-4-7-13(12)19(2)14(11)10-18-15-16-8-5-9-17-15/h3-4,6-7H,5,8-10H2,1-2H3,(H2,16,17,18). The molecule has 2 heterocycles. The Morgan fingerprint density at radius 3 is 2.95 bits per heavy atom. The van der Waals surface area contributed by atoms with Crippen molar-refractivity contribution in [2.45, 2.75) is 19.9 Å². The molecule has 0 aliphatic carbocycles. The first kappa shape index (κ1) is 12.1. The molecule has 3 rings (SSSR count). The number of nitrogens with zero attached hydrogens (tertiary/aromatic N) is 2. The molecular weight excluding hydrogens is 236 g/mol. The van der Waals surface area contributed by atoms with Gasteiger partial charge in [0, 0.05) is 36.7 Å². The minimum absolute atomic E-state index is 0.808. The van der Waals surface area contributed by atoms with Gasteiger partial charge < -0.3 is 15.2 Å². The van der Waals surface area contributed by atoms with Gasteiger partial charge >= 0.3 is 0 Å². The second kappa shape index (κ2) is 4.96. The second-order valence-corrected chi connectivity index (χ2v) is 5.01. The molecule has 0 amide bonds. The molecule has 0 spiro atoms. The van der Waals surface area contributed by atoms with Gasteiger partial charge in [0.25, 0.3) is 0 Å². The maximum Gasteiger partial charge on any atom is 0.191 e. The van der Waals surface area contributed by atoms with Gasteiger partial charge in [0.1, 0.15) is 0 Å². The van der Waals surface area contributed by atoms with Crippen LogP contribution in [0.2, 0.25) is 0 Å². The SMILES string of the molecule is Cc1c(CNC2=NCCCN2)n(C)c2ccccc12. The topological polar surface area (TPSA) is 41.4 Å². The molecule has 0 bridgehead atoms. The third kappa shape index (κ3) is 2.18. The summed E-state index contributed by atoms with van der Waals surface area (Å²) < 4.78 is 2.26. The summed E-state index contributed by atoms with van der Waals surface area (Å²) in [7, 11) is 2.13. The van der Waals surface area contributed by atoms with Gasteiger partial charge in [-0.2, -0.15) is 0 Å². The predicted octanol–water partition coefficient (Wildman–Crippen LogP) is 1.93. The van der Waals surface area contributed by atoms with Gasteiger partial charge in [-0.3, -0.25) is 4.99 Å². The summed E-state index contributed by atoms with van der Waals surface area (Å²) in [5, 5.41) is 8.02. The maximum atomic E-state index is 4.44. The molecule has 0 saturated heterocycles. The average molecular weight is 256 g/mol. The molecule has 4 nitrogen and oxygen atoms in total. The predicted molar refractivity (Wildman–Crippen MR) is 79.4 cm³/mol. The van der Waals surface area contributed by atoms with E-state index < -0.39 is 0 Å². The van der Waals surface area contributed by atoms with Crippen molar-refractivity contribution in [3.05, 3.63) is 35.5 Å². The first-order chi connectivity index (χ1) is 9.27. The van der Waals surface area contributed by atoms with Crippen LogP contribution in [-0.2, 0) is 13.6 Å². The van der Waals surface area contributed by atoms with Crippen molar-refractivity contribution in [3.8, 4) is 0 Å². The highest BCUT2D eigenvalue weighted by Gasteiger charge is 2.11. The lowest BCUT2D eigenvalue weighted by Gasteiger charge is -2.16. The first-order valence-electron chi connectivity index (χ1n) is 6.82. The molecule has 100 valence electrons. The highest BCUT2D eigenvalue weighted by Crippen LogP contribution is 2.24. The van der Waals surface area contributed by atoms with Gasteiger partial charge in [-0.25, -0.2) is 0 Å². The molecule has 2 aromatic rings. The van der Waals surface area contributed by atoms with Gasteiger partial charge in [0.05, 0.1) is 6.54 Å². The molecule has 1 aliphatic rings. The van der Waals surface area contributed by atoms with Gasteiger partial charge in [-0.15, -0.1) is 0 Å². The number of nitrogens with one attached hydrogen (secondary N) is 2. The summed E-state index contributed by atoms with van der Waals surface area (Å²) in [4.78, 5) is 4.44. The fourth-order valence-electron chi connectivity index (χ4n) is 2.71. The summed E-state index contributed by atoms with van der Waals surface area (Å²) in [6.45, 7) is 4.93. The van der Waals surface area contributed by atoms with E-state index in [2.05, 4.69) is 58.4 Å². The lowest BCUT2D eigenvalue weighted by Crippen LogP contribution is -2.40. The van der Waals surface area contributed by atoms with Crippen molar-refractivity contribution in [2.75, 3.05) is 13.1 Å². The quantitative estimate of drug-likeness (QED) is 0.862. The molecule has 2 N–H and O–H groups in total. The number of hydrogen-bond donors (Lipinski definition) is 2. The average Bonchev–Trinajstić information content (AvgIpc) is 2.71. The van der Waals surface area contributed by atoms with E-state index in [1.165, 1.54) is 22.2 Å². The van der Waals surface area contributed by atoms with E-state index in [0.29, 0.717) is 0 Å². The number of guanidine groups is 1. The molecule has 19 heavy (non-hydrogen) atoms. The molecule has 1 aliphatic heterocycles. The minimum atomic E-state index is 0.808. The monoisotopic (exact) mass is 256 g/mol. The number of fused-ring (bicyclic) bond motifs is 1. The first-order valence-corrected chi connectivity index (χ1v) is 6.82. The highest BCUT2D eigenvalue weighted by molar-refractivity contribution is 5.85. The molecule has 0 fully saturated rings. The summed E-state index contributed by atoms with van der Waals surface area (Å²) in [6.07, 6.45) is 1.12. The number of aromatic nitrogens is 1. The third-order valence-corrected chi connectivity index (χ3v) is 3.83. The van der Waals surface area contributed by atoms with Crippen LogP contribution in [0.1, 0.15) is 17.7 Å². The molecule has 0 radical (unpaired) electrons. The zero-order valence-corrected chi connectivity index (χ0v) is 11.5. The normalized spacial score (nSPS) is 15.2. The van der Waals surface area contributed by atoms with Crippen LogP contribution in [-0.4, -0.2) is 23.6 Å². The largest absolute Gasteiger partial charge is 0.356 e. The zero-order valence-electron chi connectivity index (χ0n) is 11.5. The van der Waals surface area contributed by atoms with Crippen LogP contribution < -0.4 is 10.6 Å². The van der Waals surface area contributed by atoms with Crippen LogP contribution in [0.4, 0.5) is 0 Å². The van der Waals surface area contributed by atoms with Crippen LogP contribution in [0.25, 0.3) is 10.9 Å². The fraction of sp³-hybridized carbons (Fsp3) is 0.400. The molecule has 4 heteroatoms. The lowest BCUT2D eigenvalue weighted by molar-refractivity contribution is 0.690. The van der Waals surface area contributed by atoms with E-state index in [1.54, 1.807) is 0 Å². The second-order valence-electron chi connectivity index (χ2n) is 5.01. The summed E-state index contributed by atoms with van der Waals surface area (Å²) in [5.74, 6) is 0.927. The number of para-hydroxylation sites is 1. The molecule has 0 saturated carbocycles. The zero-order chi connectivity index (χ0) is 13.2. The van der Waals surface area contributed by atoms with Crippen molar-refractivity contribution < 1.29 is 0 Å². The molecule has 0 unspecified atom stereocenters. The van der Waals surface area contributed by atoms with E-state index in [0.717, 1.165) is 32.0 Å². The number of benzene rings is 1. The van der Waals surface area contributed by atoms with Crippen molar-refractivity contribution in [2.24, 2.45) is 12.0 Å². The van der Waals surface area contributed by atoms with E-state index in [4.69, 9.17) is 0 Å². The number of hydrogen-bond acceptors (Lipinski definition) is 3. The van der Waals surface area contributed by atoms with Crippen LogP contribution in [0.3, 0.4) is 0 Å². The number of aliphatic imine (C=N–C) groups is 1. The Balaban J connectivity index is 1.86. The van der Waals surface area contributed by atoms with E-state index in [1.807, 2.05) is 0 Å². The Morgan fingerprint density at radius 2 is 2.21 bits per heavy atom. The minimum Gasteiger partial charge on any atom is -0.356 e. The fourth-order valence-corrected chi connectivity index (χ4v) is 2.71. The van der Waals surface area contributed by atoms with E-state index in [-0.39, 0.29) is 0 Å². The number of aryl methyl sites for hydroxylation is 2. The Bertz CT molecular complexity index is 585. The Morgan fingerprint density at radius 1 is 1.37 bits per heavy atom. The Labute approximate surface area is 113 Å². The Hall–Kier alpha value is -1.97. The maximum absolute atomic E-state index is 4.44. The third-order valence-electron chi connectivity index (χ3n) is 3.83. The van der Waals surface area contributed by atoms with Crippen LogP contribution in [0.15, 0.2) is 29.3 Å². The molecule has 0 atom stereocenters. The van der Waals surface area contributed by atoms with Crippen LogP contribution in [0.5, 0.6) is 0 Å². The number of rotatable bonds is 2. The van der Waals surface area contributed by atoms with Crippen molar-refractivity contribution >= 4 is 16.9 Å². The van der Waals surface area contributed by atoms with Gasteiger partial charge in [-0.05, 0) is 25.0 Å². The summed E-state index contributed by atoms with van der Waals surface area (Å²) in [5.41, 5.74) is 3.95. The molecule has 1 aromatic heterocycles. The van der Waals surface area contributed by atoms with Gasteiger partial charge in [-0.1, -0.05) is 18.2 Å². The van der Waals surface area contributed by atoms with Crippen molar-refractivity contribution in [1.29, 1.82) is 0 Å². The van der Waals surface area contributed by atoms with E-state index in [9.17, 15) is 0 Å². The van der Waals surface area contributed by atoms with Gasteiger partial charge in [0.15, 0.2) is 5.96 Å². The summed E-state index contributed by atoms with van der Waals surface area (Å²) >= 11 is 0. The Kier molecular flexibility index (Phi) is 3.15. The van der Waals surface area contributed by atoms with Crippen LogP contribution in [0, 0.1) is 6.92 Å². The van der Waals surface area contributed by atoms with Crippen molar-refractivity contribution in [3.63, 3.8) is 0 Å². The van der Waals surface area contributed by atoms with Gasteiger partial charge in [0.2, 0.25) is 0 Å². The summed E-state index contributed by atoms with van der Waals surface area (Å²) in [6, 6.07) is 8.54. The molecule has 1 aromatic carbocycles. The highest BCUT2D eigenvalue weighted by atomic mass is 15.2. The lowest BCUT2D eigenvalue weighted by atomic mass is 10.1. The smallest absolute Gasteiger partial charge is 0.191 e. The van der Waals surface area contributed by atoms with Crippen molar-refractivity contribution in [1.82, 2.24) is 15.2 Å². The molecular formula is C15H20N4. The van der Waals surface area contributed by atoms with E-state index >= 15 is 0 Å². The van der Waals surface area contributed by atoms with Crippen LogP contribution >= 0.6 is 0 Å².